The lowest BCUT2D eigenvalue weighted by Crippen LogP contribution is -2.38. The molecule has 0 saturated heterocycles. The van der Waals surface area contributed by atoms with Crippen LogP contribution in [0, 0.1) is 10.1 Å². The van der Waals surface area contributed by atoms with Gasteiger partial charge in [-0.3, -0.25) is 14.9 Å². The minimum absolute atomic E-state index is 0.0166. The van der Waals surface area contributed by atoms with Gasteiger partial charge in [-0.1, -0.05) is 72.8 Å². The summed E-state index contributed by atoms with van der Waals surface area (Å²) in [5, 5.41) is 22.2. The number of nitrogens with zero attached hydrogens (tertiary/aromatic N) is 1. The molecule has 0 aliphatic heterocycles. The van der Waals surface area contributed by atoms with Crippen LogP contribution < -0.4 is 0 Å². The van der Waals surface area contributed by atoms with Crippen molar-refractivity contribution in [1.82, 2.24) is 0 Å². The number of nitro benzene ring substituents is 1. The Morgan fingerprint density at radius 3 is 1.96 bits per heavy atom. The monoisotopic (exact) mass is 347 g/mol. The lowest BCUT2D eigenvalue weighted by Gasteiger charge is -2.27. The van der Waals surface area contributed by atoms with E-state index in [1.165, 1.54) is 12.1 Å². The van der Waals surface area contributed by atoms with E-state index < -0.39 is 16.3 Å². The topological polar surface area (TPSA) is 80.4 Å². The normalized spacial score (nSPS) is 13.0. The number of hydrogen-bond donors (Lipinski definition) is 1. The highest BCUT2D eigenvalue weighted by atomic mass is 16.6. The zero-order valence-corrected chi connectivity index (χ0v) is 13.9. The van der Waals surface area contributed by atoms with Crippen LogP contribution in [0.3, 0.4) is 0 Å². The average Bonchev–Trinajstić information content (AvgIpc) is 2.69. The van der Waals surface area contributed by atoms with Crippen molar-refractivity contribution in [2.24, 2.45) is 0 Å². The summed E-state index contributed by atoms with van der Waals surface area (Å²) in [6.07, 6.45) is 0.0166. The summed E-state index contributed by atoms with van der Waals surface area (Å²) >= 11 is 0. The van der Waals surface area contributed by atoms with Gasteiger partial charge in [-0.2, -0.15) is 0 Å². The molecule has 1 N–H and O–H groups in total. The number of rotatable bonds is 6. The summed E-state index contributed by atoms with van der Waals surface area (Å²) in [5.41, 5.74) is -0.288. The van der Waals surface area contributed by atoms with Crippen molar-refractivity contribution >= 4 is 11.5 Å². The predicted octanol–water partition coefficient (Wildman–Crippen LogP) is 3.91. The fraction of sp³-hybridized carbons (Fsp3) is 0.0952. The molecule has 130 valence electrons. The molecule has 0 spiro atoms. The second-order valence-corrected chi connectivity index (χ2v) is 6.02. The van der Waals surface area contributed by atoms with Gasteiger partial charge >= 0.3 is 0 Å². The minimum atomic E-state index is -1.77. The summed E-state index contributed by atoms with van der Waals surface area (Å²) in [4.78, 5) is 23.4. The maximum atomic E-state index is 13.1. The fourth-order valence-electron chi connectivity index (χ4n) is 2.89. The van der Waals surface area contributed by atoms with Crippen LogP contribution in [0.5, 0.6) is 0 Å². The van der Waals surface area contributed by atoms with Crippen LogP contribution in [0.4, 0.5) is 5.69 Å². The third-order valence-electron chi connectivity index (χ3n) is 4.27. The number of ketones is 1. The van der Waals surface area contributed by atoms with Gasteiger partial charge in [0.15, 0.2) is 11.4 Å². The first-order valence-corrected chi connectivity index (χ1v) is 8.12. The Kier molecular flexibility index (Phi) is 4.91. The van der Waals surface area contributed by atoms with E-state index in [2.05, 4.69) is 0 Å². The van der Waals surface area contributed by atoms with Gasteiger partial charge in [0.1, 0.15) is 0 Å². The standard InChI is InChI=1S/C21H17NO4/c23-20(17-7-3-1-4-8-17)21(24,18-9-5-2-6-10-18)15-16-11-13-19(14-12-16)22(25)26/h1-14,24H,15H2. The molecule has 1 atom stereocenters. The highest BCUT2D eigenvalue weighted by molar-refractivity contribution is 6.03. The third-order valence-corrected chi connectivity index (χ3v) is 4.27. The van der Waals surface area contributed by atoms with Crippen molar-refractivity contribution in [1.29, 1.82) is 0 Å². The first kappa shape index (κ1) is 17.5. The molecule has 0 aliphatic rings. The van der Waals surface area contributed by atoms with Gasteiger partial charge in [0, 0.05) is 24.1 Å². The molecular weight excluding hydrogens is 330 g/mol. The Labute approximate surface area is 150 Å². The van der Waals surface area contributed by atoms with Gasteiger partial charge in [-0.25, -0.2) is 0 Å². The molecule has 0 radical (unpaired) electrons. The SMILES string of the molecule is O=C(c1ccccc1)C(O)(Cc1ccc([N+](=O)[O-])cc1)c1ccccc1. The van der Waals surface area contributed by atoms with Crippen molar-refractivity contribution in [3.8, 4) is 0 Å². The Balaban J connectivity index is 2.01. The van der Waals surface area contributed by atoms with Crippen LogP contribution in [0.25, 0.3) is 0 Å². The van der Waals surface area contributed by atoms with Gasteiger partial charge in [0.2, 0.25) is 0 Å². The van der Waals surface area contributed by atoms with Crippen molar-refractivity contribution in [2.45, 2.75) is 12.0 Å². The molecule has 0 heterocycles. The number of hydrogen-bond acceptors (Lipinski definition) is 4. The highest BCUT2D eigenvalue weighted by Gasteiger charge is 2.38. The van der Waals surface area contributed by atoms with E-state index >= 15 is 0 Å². The van der Waals surface area contributed by atoms with Crippen molar-refractivity contribution in [3.05, 3.63) is 112 Å². The second kappa shape index (κ2) is 7.29. The van der Waals surface area contributed by atoms with Gasteiger partial charge in [0.25, 0.3) is 5.69 Å². The molecular formula is C21H17NO4. The molecule has 3 aromatic rings. The lowest BCUT2D eigenvalue weighted by atomic mass is 9.81. The van der Waals surface area contributed by atoms with E-state index in [0.717, 1.165) is 0 Å². The van der Waals surface area contributed by atoms with Crippen LogP contribution in [-0.4, -0.2) is 15.8 Å². The van der Waals surface area contributed by atoms with Crippen molar-refractivity contribution in [3.63, 3.8) is 0 Å². The molecule has 5 heteroatoms. The summed E-state index contributed by atoms with van der Waals surface area (Å²) < 4.78 is 0. The van der Waals surface area contributed by atoms with E-state index in [0.29, 0.717) is 16.7 Å². The summed E-state index contributed by atoms with van der Waals surface area (Å²) in [6, 6.07) is 23.2. The Morgan fingerprint density at radius 2 is 1.42 bits per heavy atom. The number of carbonyl (C=O) groups is 1. The van der Waals surface area contributed by atoms with Crippen molar-refractivity contribution in [2.75, 3.05) is 0 Å². The second-order valence-electron chi connectivity index (χ2n) is 6.02. The molecule has 0 amide bonds. The number of benzene rings is 3. The van der Waals surface area contributed by atoms with E-state index in [1.807, 2.05) is 6.07 Å². The number of Topliss-reactive ketones (excluding diaryl/α,β-unsaturated/α-hetero) is 1. The smallest absolute Gasteiger partial charge is 0.269 e. The van der Waals surface area contributed by atoms with E-state index in [1.54, 1.807) is 66.7 Å². The number of aliphatic hydroxyl groups is 1. The number of non-ortho nitro benzene ring substituents is 1. The molecule has 3 rings (SSSR count). The largest absolute Gasteiger partial charge is 0.377 e. The Morgan fingerprint density at radius 1 is 0.885 bits per heavy atom. The molecule has 0 saturated carbocycles. The van der Waals surface area contributed by atoms with Gasteiger partial charge in [-0.15, -0.1) is 0 Å². The average molecular weight is 347 g/mol. The summed E-state index contributed by atoms with van der Waals surface area (Å²) in [6.45, 7) is 0. The first-order valence-electron chi connectivity index (χ1n) is 8.12. The zero-order chi connectivity index (χ0) is 18.6. The van der Waals surface area contributed by atoms with E-state index in [-0.39, 0.29) is 12.1 Å². The summed E-state index contributed by atoms with van der Waals surface area (Å²) in [5.74, 6) is -0.414. The molecule has 26 heavy (non-hydrogen) atoms. The molecule has 3 aromatic carbocycles. The van der Waals surface area contributed by atoms with Crippen LogP contribution in [0.15, 0.2) is 84.9 Å². The maximum Gasteiger partial charge on any atom is 0.269 e. The molecule has 0 aliphatic carbocycles. The number of nitro groups is 1. The Hall–Kier alpha value is -3.31. The van der Waals surface area contributed by atoms with Crippen LogP contribution in [0.2, 0.25) is 0 Å². The number of carbonyl (C=O) groups excluding carboxylic acids is 1. The minimum Gasteiger partial charge on any atom is -0.377 e. The van der Waals surface area contributed by atoms with E-state index in [4.69, 9.17) is 0 Å². The lowest BCUT2D eigenvalue weighted by molar-refractivity contribution is -0.384. The van der Waals surface area contributed by atoms with Crippen LogP contribution in [-0.2, 0) is 12.0 Å². The molecule has 0 bridgehead atoms. The van der Waals surface area contributed by atoms with Crippen molar-refractivity contribution < 1.29 is 14.8 Å². The highest BCUT2D eigenvalue weighted by Crippen LogP contribution is 2.30. The van der Waals surface area contributed by atoms with Gasteiger partial charge < -0.3 is 5.11 Å². The van der Waals surface area contributed by atoms with Crippen LogP contribution >= 0.6 is 0 Å². The molecule has 1 unspecified atom stereocenters. The maximum absolute atomic E-state index is 13.1. The quantitative estimate of drug-likeness (QED) is 0.416. The van der Waals surface area contributed by atoms with E-state index in [9.17, 15) is 20.0 Å². The fourth-order valence-corrected chi connectivity index (χ4v) is 2.89. The molecule has 0 aromatic heterocycles. The van der Waals surface area contributed by atoms with Gasteiger partial charge in [-0.05, 0) is 11.1 Å². The Bertz CT molecular complexity index is 908. The predicted molar refractivity (Wildman–Crippen MR) is 97.9 cm³/mol. The zero-order valence-electron chi connectivity index (χ0n) is 13.9. The molecule has 0 fully saturated rings. The van der Waals surface area contributed by atoms with Crippen LogP contribution in [0.1, 0.15) is 21.5 Å². The third kappa shape index (κ3) is 3.53. The molecule has 5 nitrogen and oxygen atoms in total. The summed E-state index contributed by atoms with van der Waals surface area (Å²) in [7, 11) is 0. The first-order chi connectivity index (χ1) is 12.5. The van der Waals surface area contributed by atoms with Gasteiger partial charge in [0.05, 0.1) is 4.92 Å².